The summed E-state index contributed by atoms with van der Waals surface area (Å²) < 4.78 is 27.4. The van der Waals surface area contributed by atoms with E-state index in [0.717, 1.165) is 16.9 Å². The maximum Gasteiger partial charge on any atom is 0.224 e. The quantitative estimate of drug-likeness (QED) is 0.711. The molecule has 0 fully saturated rings. The largest absolute Gasteiger partial charge is 0.493 e. The molecule has 7 heteroatoms. The molecule has 162 valence electrons. The molecule has 0 aliphatic carbocycles. The van der Waals surface area contributed by atoms with Gasteiger partial charge in [0.1, 0.15) is 13.2 Å². The predicted octanol–water partition coefficient (Wildman–Crippen LogP) is 3.54. The van der Waals surface area contributed by atoms with Crippen LogP contribution in [0.5, 0.6) is 28.7 Å². The Balaban J connectivity index is 1.78. The number of carbonyl (C=O) groups excluding carboxylic acids is 1. The van der Waals surface area contributed by atoms with E-state index >= 15 is 0 Å². The summed E-state index contributed by atoms with van der Waals surface area (Å²) in [5.41, 5.74) is 1.75. The third kappa shape index (κ3) is 4.72. The van der Waals surface area contributed by atoms with E-state index in [1.54, 1.807) is 33.5 Å². The molecule has 0 unspecified atom stereocenters. The van der Waals surface area contributed by atoms with Gasteiger partial charge in [0, 0.05) is 0 Å². The number of hydrogen-bond acceptors (Lipinski definition) is 6. The van der Waals surface area contributed by atoms with Gasteiger partial charge in [-0.1, -0.05) is 19.9 Å². The number of nitrogens with one attached hydrogen (secondary N) is 1. The highest BCUT2D eigenvalue weighted by Crippen LogP contribution is 2.38. The molecule has 1 heterocycles. The number of methoxy groups -OCH3 is 3. The van der Waals surface area contributed by atoms with E-state index in [0.29, 0.717) is 36.2 Å². The van der Waals surface area contributed by atoms with Crippen LogP contribution >= 0.6 is 0 Å². The summed E-state index contributed by atoms with van der Waals surface area (Å²) in [6, 6.07) is 9.22. The van der Waals surface area contributed by atoms with Gasteiger partial charge in [0.25, 0.3) is 0 Å². The number of benzene rings is 2. The smallest absolute Gasteiger partial charge is 0.224 e. The second kappa shape index (κ2) is 9.61. The van der Waals surface area contributed by atoms with Crippen LogP contribution in [-0.2, 0) is 11.2 Å². The van der Waals surface area contributed by atoms with E-state index in [-0.39, 0.29) is 24.3 Å². The summed E-state index contributed by atoms with van der Waals surface area (Å²) in [6.45, 7) is 5.21. The van der Waals surface area contributed by atoms with Crippen LogP contribution < -0.4 is 29.0 Å². The number of hydrogen-bond donors (Lipinski definition) is 1. The second-order valence-electron chi connectivity index (χ2n) is 7.40. The maximum absolute atomic E-state index is 12.9. The van der Waals surface area contributed by atoms with E-state index in [9.17, 15) is 4.79 Å². The van der Waals surface area contributed by atoms with Crippen molar-refractivity contribution >= 4 is 5.91 Å². The van der Waals surface area contributed by atoms with Crippen molar-refractivity contribution in [3.05, 3.63) is 41.5 Å². The van der Waals surface area contributed by atoms with E-state index in [1.165, 1.54) is 0 Å². The fraction of sp³-hybridized carbons (Fsp3) is 0.435. The Morgan fingerprint density at radius 1 is 0.967 bits per heavy atom. The van der Waals surface area contributed by atoms with Crippen LogP contribution in [-0.4, -0.2) is 40.5 Å². The topological polar surface area (TPSA) is 75.3 Å². The van der Waals surface area contributed by atoms with Gasteiger partial charge in [-0.15, -0.1) is 0 Å². The van der Waals surface area contributed by atoms with Crippen LogP contribution in [0.25, 0.3) is 0 Å². The monoisotopic (exact) mass is 415 g/mol. The van der Waals surface area contributed by atoms with Crippen molar-refractivity contribution in [1.29, 1.82) is 0 Å². The van der Waals surface area contributed by atoms with Crippen LogP contribution in [0.1, 0.15) is 31.0 Å². The molecule has 0 spiro atoms. The average molecular weight is 415 g/mol. The summed E-state index contributed by atoms with van der Waals surface area (Å²) in [5.74, 6) is 3.08. The van der Waals surface area contributed by atoms with Crippen LogP contribution in [0.2, 0.25) is 0 Å². The van der Waals surface area contributed by atoms with E-state index < -0.39 is 0 Å². The molecule has 1 amide bonds. The lowest BCUT2D eigenvalue weighted by Crippen LogP contribution is -2.33. The Morgan fingerprint density at radius 3 is 2.17 bits per heavy atom. The van der Waals surface area contributed by atoms with Crippen molar-refractivity contribution in [2.75, 3.05) is 34.5 Å². The van der Waals surface area contributed by atoms with Gasteiger partial charge in [-0.25, -0.2) is 0 Å². The van der Waals surface area contributed by atoms with Crippen LogP contribution in [0.15, 0.2) is 30.3 Å². The molecule has 0 bridgehead atoms. The third-order valence-corrected chi connectivity index (χ3v) is 5.00. The summed E-state index contributed by atoms with van der Waals surface area (Å²) in [5, 5.41) is 3.14. The highest BCUT2D eigenvalue weighted by Gasteiger charge is 2.22. The highest BCUT2D eigenvalue weighted by molar-refractivity contribution is 5.79. The van der Waals surface area contributed by atoms with Crippen LogP contribution in [0.3, 0.4) is 0 Å². The Kier molecular flexibility index (Phi) is 6.92. The lowest BCUT2D eigenvalue weighted by Gasteiger charge is -2.25. The van der Waals surface area contributed by atoms with E-state index in [1.807, 2.05) is 18.2 Å². The molecule has 1 aliphatic rings. The fourth-order valence-corrected chi connectivity index (χ4v) is 3.54. The van der Waals surface area contributed by atoms with Gasteiger partial charge in [0.05, 0.1) is 33.8 Å². The zero-order chi connectivity index (χ0) is 21.7. The zero-order valence-corrected chi connectivity index (χ0v) is 18.1. The SMILES string of the molecule is COc1cc(CC(=O)N[C@H](c2ccc3c(c2)OCCO3)C(C)C)cc(OC)c1OC. The Hall–Kier alpha value is -3.09. The van der Waals surface area contributed by atoms with E-state index in [4.69, 9.17) is 23.7 Å². The first-order valence-corrected chi connectivity index (χ1v) is 9.94. The fourth-order valence-electron chi connectivity index (χ4n) is 3.54. The van der Waals surface area contributed by atoms with Crippen molar-refractivity contribution in [2.45, 2.75) is 26.3 Å². The number of carbonyl (C=O) groups is 1. The molecular formula is C23H29NO6. The summed E-state index contributed by atoms with van der Waals surface area (Å²) >= 11 is 0. The lowest BCUT2D eigenvalue weighted by molar-refractivity contribution is -0.121. The lowest BCUT2D eigenvalue weighted by atomic mass is 9.95. The molecule has 1 N–H and O–H groups in total. The van der Waals surface area contributed by atoms with Crippen molar-refractivity contribution in [3.63, 3.8) is 0 Å². The van der Waals surface area contributed by atoms with Crippen molar-refractivity contribution in [2.24, 2.45) is 5.92 Å². The van der Waals surface area contributed by atoms with Crippen LogP contribution in [0, 0.1) is 5.92 Å². The number of ether oxygens (including phenoxy) is 5. The van der Waals surface area contributed by atoms with Gasteiger partial charge in [-0.2, -0.15) is 0 Å². The first kappa shape index (κ1) is 21.6. The van der Waals surface area contributed by atoms with Crippen molar-refractivity contribution < 1.29 is 28.5 Å². The first-order valence-electron chi connectivity index (χ1n) is 9.94. The summed E-state index contributed by atoms with van der Waals surface area (Å²) in [6.07, 6.45) is 0.185. The number of fused-ring (bicyclic) bond motifs is 1. The maximum atomic E-state index is 12.9. The normalized spacial score (nSPS) is 13.5. The third-order valence-electron chi connectivity index (χ3n) is 5.00. The second-order valence-corrected chi connectivity index (χ2v) is 7.40. The molecular weight excluding hydrogens is 386 g/mol. The van der Waals surface area contributed by atoms with E-state index in [2.05, 4.69) is 19.2 Å². The minimum atomic E-state index is -0.157. The molecule has 30 heavy (non-hydrogen) atoms. The van der Waals surface area contributed by atoms with Gasteiger partial charge in [0.15, 0.2) is 23.0 Å². The number of rotatable bonds is 8. The first-order chi connectivity index (χ1) is 14.5. The molecule has 0 saturated carbocycles. The van der Waals surface area contributed by atoms with Gasteiger partial charge in [-0.3, -0.25) is 4.79 Å². The molecule has 1 atom stereocenters. The van der Waals surface area contributed by atoms with Crippen LogP contribution in [0.4, 0.5) is 0 Å². The molecule has 2 aromatic rings. The Labute approximate surface area is 177 Å². The zero-order valence-electron chi connectivity index (χ0n) is 18.1. The standard InChI is InChI=1S/C23H29NO6/c1-14(2)22(16-6-7-17-18(13-16)30-9-8-29-17)24-21(25)12-15-10-19(26-3)23(28-5)20(11-15)27-4/h6-7,10-11,13-14,22H,8-9,12H2,1-5H3,(H,24,25)/t22-/m0/s1. The predicted molar refractivity (Wildman–Crippen MR) is 113 cm³/mol. The minimum Gasteiger partial charge on any atom is -0.493 e. The van der Waals surface area contributed by atoms with Gasteiger partial charge < -0.3 is 29.0 Å². The summed E-state index contributed by atoms with van der Waals surface area (Å²) in [7, 11) is 4.66. The Morgan fingerprint density at radius 2 is 1.60 bits per heavy atom. The molecule has 0 radical (unpaired) electrons. The summed E-state index contributed by atoms with van der Waals surface area (Å²) in [4.78, 5) is 12.9. The molecule has 2 aromatic carbocycles. The van der Waals surface area contributed by atoms with Crippen molar-refractivity contribution in [3.8, 4) is 28.7 Å². The average Bonchev–Trinajstić information content (AvgIpc) is 2.76. The molecule has 1 aliphatic heterocycles. The highest BCUT2D eigenvalue weighted by atomic mass is 16.6. The Bertz CT molecular complexity index is 870. The molecule has 7 nitrogen and oxygen atoms in total. The molecule has 3 rings (SSSR count). The number of amides is 1. The molecule has 0 saturated heterocycles. The van der Waals surface area contributed by atoms with Crippen molar-refractivity contribution in [1.82, 2.24) is 5.32 Å². The molecule has 0 aromatic heterocycles. The minimum absolute atomic E-state index is 0.0992. The van der Waals surface area contributed by atoms with Gasteiger partial charge in [0.2, 0.25) is 11.7 Å². The van der Waals surface area contributed by atoms with Gasteiger partial charge in [-0.05, 0) is 41.3 Å². The van der Waals surface area contributed by atoms with Gasteiger partial charge >= 0.3 is 0 Å².